The third-order valence-corrected chi connectivity index (χ3v) is 5.73. The molecule has 0 unspecified atom stereocenters. The Bertz CT molecular complexity index is 503. The van der Waals surface area contributed by atoms with Crippen molar-refractivity contribution in [3.63, 3.8) is 0 Å². The lowest BCUT2D eigenvalue weighted by atomic mass is 9.98. The standard InChI is InChI=1S/C20H38FNO9/c1-2-3-4-5-6-7-8-28-20-18(27)17(26)15(24)12(31-20)10-29-19-13(21)16(25)14(23)11(9-22)30-19/h11-20,23-27H,2-10,22H2,1H3/t11-,12-,13+,14-,15-,16-,17+,18+,19+,20+/m1/s1. The summed E-state index contributed by atoms with van der Waals surface area (Å²) in [5, 5.41) is 50.0. The number of hydrogen-bond donors (Lipinski definition) is 6. The molecular weight excluding hydrogens is 417 g/mol. The highest BCUT2D eigenvalue weighted by Gasteiger charge is 2.47. The van der Waals surface area contributed by atoms with Crippen LogP contribution in [0.15, 0.2) is 0 Å². The van der Waals surface area contributed by atoms with Gasteiger partial charge in [-0.2, -0.15) is 0 Å². The summed E-state index contributed by atoms with van der Waals surface area (Å²) in [6, 6.07) is 0. The van der Waals surface area contributed by atoms with E-state index in [9.17, 15) is 29.9 Å². The van der Waals surface area contributed by atoms with E-state index < -0.39 is 68.1 Å². The van der Waals surface area contributed by atoms with E-state index in [0.29, 0.717) is 6.61 Å². The SMILES string of the molecule is CCCCCCCCO[C@H]1O[C@H](CO[C@H]2O[C@H](CN)[C@@H](O)[C@H](O)[C@@H]2F)[C@@H](O)[C@H](O)[C@@H]1O. The number of unbranched alkanes of at least 4 members (excludes halogenated alkanes) is 5. The number of aliphatic hydroxyl groups is 5. The first-order chi connectivity index (χ1) is 14.8. The molecule has 10 atom stereocenters. The Kier molecular flexibility index (Phi) is 11.5. The van der Waals surface area contributed by atoms with Crippen LogP contribution < -0.4 is 5.73 Å². The van der Waals surface area contributed by atoms with Gasteiger partial charge in [0.25, 0.3) is 0 Å². The van der Waals surface area contributed by atoms with Gasteiger partial charge in [0.2, 0.25) is 0 Å². The average Bonchev–Trinajstić information content (AvgIpc) is 2.77. The maximum absolute atomic E-state index is 14.3. The smallest absolute Gasteiger partial charge is 0.192 e. The molecule has 11 heteroatoms. The summed E-state index contributed by atoms with van der Waals surface area (Å²) in [6.45, 7) is 1.88. The molecule has 0 aromatic heterocycles. The fourth-order valence-corrected chi connectivity index (χ4v) is 3.69. The van der Waals surface area contributed by atoms with Crippen LogP contribution in [-0.4, -0.2) is 107 Å². The summed E-state index contributed by atoms with van der Waals surface area (Å²) in [5.74, 6) is 0. The Morgan fingerprint density at radius 1 is 0.742 bits per heavy atom. The zero-order chi connectivity index (χ0) is 23.0. The first-order valence-electron chi connectivity index (χ1n) is 11.1. The molecule has 0 amide bonds. The number of ether oxygens (including phenoxy) is 4. The quantitative estimate of drug-likeness (QED) is 0.200. The van der Waals surface area contributed by atoms with Crippen molar-refractivity contribution < 1.29 is 48.9 Å². The molecule has 2 rings (SSSR count). The second kappa shape index (κ2) is 13.3. The minimum atomic E-state index is -2.05. The summed E-state index contributed by atoms with van der Waals surface area (Å²) in [5.41, 5.74) is 5.45. The lowest BCUT2D eigenvalue weighted by Crippen LogP contribution is -2.61. The fraction of sp³-hybridized carbons (Fsp3) is 1.00. The predicted octanol–water partition coefficient (Wildman–Crippen LogP) is -1.07. The van der Waals surface area contributed by atoms with E-state index in [-0.39, 0.29) is 6.54 Å². The minimum Gasteiger partial charge on any atom is -0.388 e. The van der Waals surface area contributed by atoms with Crippen molar-refractivity contribution in [1.29, 1.82) is 0 Å². The van der Waals surface area contributed by atoms with Gasteiger partial charge >= 0.3 is 0 Å². The second-order valence-corrected chi connectivity index (χ2v) is 8.19. The molecule has 2 fully saturated rings. The highest BCUT2D eigenvalue weighted by Crippen LogP contribution is 2.27. The fourth-order valence-electron chi connectivity index (χ4n) is 3.69. The van der Waals surface area contributed by atoms with Crippen molar-refractivity contribution in [2.45, 2.75) is 107 Å². The summed E-state index contributed by atoms with van der Waals surface area (Å²) < 4.78 is 35.9. The van der Waals surface area contributed by atoms with Crippen LogP contribution in [0.1, 0.15) is 45.4 Å². The topological polar surface area (TPSA) is 164 Å². The van der Waals surface area contributed by atoms with Crippen molar-refractivity contribution in [3.05, 3.63) is 0 Å². The molecule has 0 aliphatic carbocycles. The van der Waals surface area contributed by atoms with Gasteiger partial charge in [-0.05, 0) is 6.42 Å². The Balaban J connectivity index is 1.83. The number of nitrogens with two attached hydrogens (primary N) is 1. The predicted molar refractivity (Wildman–Crippen MR) is 107 cm³/mol. The van der Waals surface area contributed by atoms with Gasteiger partial charge in [-0.15, -0.1) is 0 Å². The van der Waals surface area contributed by atoms with Gasteiger partial charge in [-0.25, -0.2) is 4.39 Å². The van der Waals surface area contributed by atoms with Crippen molar-refractivity contribution in [3.8, 4) is 0 Å². The van der Waals surface area contributed by atoms with Crippen LogP contribution in [0.3, 0.4) is 0 Å². The molecule has 7 N–H and O–H groups in total. The Labute approximate surface area is 182 Å². The van der Waals surface area contributed by atoms with Gasteiger partial charge in [0.15, 0.2) is 18.8 Å². The van der Waals surface area contributed by atoms with Crippen LogP contribution in [-0.2, 0) is 18.9 Å². The van der Waals surface area contributed by atoms with Crippen molar-refractivity contribution >= 4 is 0 Å². The number of halogens is 1. The highest BCUT2D eigenvalue weighted by atomic mass is 19.1. The van der Waals surface area contributed by atoms with Crippen molar-refractivity contribution in [2.24, 2.45) is 5.73 Å². The summed E-state index contributed by atoms with van der Waals surface area (Å²) in [7, 11) is 0. The number of hydrogen-bond acceptors (Lipinski definition) is 10. The lowest BCUT2D eigenvalue weighted by molar-refractivity contribution is -0.323. The van der Waals surface area contributed by atoms with Gasteiger partial charge in [0, 0.05) is 13.2 Å². The molecular formula is C20H38FNO9. The largest absolute Gasteiger partial charge is 0.388 e. The summed E-state index contributed by atoms with van der Waals surface area (Å²) in [4.78, 5) is 0. The monoisotopic (exact) mass is 455 g/mol. The van der Waals surface area contributed by atoms with Gasteiger partial charge in [0.05, 0.1) is 6.61 Å². The zero-order valence-electron chi connectivity index (χ0n) is 18.0. The highest BCUT2D eigenvalue weighted by molar-refractivity contribution is 4.92. The van der Waals surface area contributed by atoms with E-state index in [2.05, 4.69) is 6.92 Å². The van der Waals surface area contributed by atoms with E-state index in [0.717, 1.165) is 32.1 Å². The van der Waals surface area contributed by atoms with Crippen LogP contribution in [0.4, 0.5) is 4.39 Å². The van der Waals surface area contributed by atoms with E-state index in [1.54, 1.807) is 0 Å². The molecule has 0 aromatic rings. The molecule has 0 bridgehead atoms. The molecule has 0 radical (unpaired) electrons. The third-order valence-electron chi connectivity index (χ3n) is 5.73. The van der Waals surface area contributed by atoms with Crippen LogP contribution in [0.5, 0.6) is 0 Å². The van der Waals surface area contributed by atoms with Crippen molar-refractivity contribution in [1.82, 2.24) is 0 Å². The molecule has 2 saturated heterocycles. The maximum Gasteiger partial charge on any atom is 0.192 e. The van der Waals surface area contributed by atoms with Crippen LogP contribution >= 0.6 is 0 Å². The average molecular weight is 456 g/mol. The van der Waals surface area contributed by atoms with Gasteiger partial charge in [0.1, 0.15) is 42.7 Å². The molecule has 10 nitrogen and oxygen atoms in total. The summed E-state index contributed by atoms with van der Waals surface area (Å²) >= 11 is 0. The Morgan fingerprint density at radius 3 is 2.03 bits per heavy atom. The van der Waals surface area contributed by atoms with Gasteiger partial charge < -0.3 is 50.2 Å². The molecule has 0 saturated carbocycles. The molecule has 0 spiro atoms. The van der Waals surface area contributed by atoms with Gasteiger partial charge in [-0.1, -0.05) is 39.0 Å². The van der Waals surface area contributed by atoms with E-state index in [4.69, 9.17) is 24.7 Å². The molecule has 2 heterocycles. The van der Waals surface area contributed by atoms with Crippen molar-refractivity contribution in [2.75, 3.05) is 19.8 Å². The zero-order valence-corrected chi connectivity index (χ0v) is 18.0. The van der Waals surface area contributed by atoms with E-state index in [1.807, 2.05) is 0 Å². The minimum absolute atomic E-state index is 0.160. The normalized spacial score (nSPS) is 41.4. The molecule has 184 valence electrons. The molecule has 31 heavy (non-hydrogen) atoms. The first kappa shape index (κ1) is 26.8. The van der Waals surface area contributed by atoms with E-state index >= 15 is 0 Å². The molecule has 0 aromatic carbocycles. The van der Waals surface area contributed by atoms with Crippen LogP contribution in [0.2, 0.25) is 0 Å². The van der Waals surface area contributed by atoms with Crippen LogP contribution in [0, 0.1) is 0 Å². The third kappa shape index (κ3) is 7.26. The lowest BCUT2D eigenvalue weighted by Gasteiger charge is -2.42. The number of rotatable bonds is 12. The van der Waals surface area contributed by atoms with E-state index in [1.165, 1.54) is 6.42 Å². The number of alkyl halides is 1. The van der Waals surface area contributed by atoms with Crippen LogP contribution in [0.25, 0.3) is 0 Å². The Morgan fingerprint density at radius 2 is 1.35 bits per heavy atom. The Hall–Kier alpha value is -0.470. The molecule has 2 aliphatic heterocycles. The molecule has 2 aliphatic rings. The second-order valence-electron chi connectivity index (χ2n) is 8.19. The number of aliphatic hydroxyl groups excluding tert-OH is 5. The summed E-state index contributed by atoms with van der Waals surface area (Å²) in [6.07, 6.45) is -8.38. The maximum atomic E-state index is 14.3. The van der Waals surface area contributed by atoms with Gasteiger partial charge in [-0.3, -0.25) is 0 Å². The first-order valence-corrected chi connectivity index (χ1v) is 11.1.